The van der Waals surface area contributed by atoms with Gasteiger partial charge in [-0.3, -0.25) is 4.79 Å². The second kappa shape index (κ2) is 7.53. The van der Waals surface area contributed by atoms with Gasteiger partial charge in [0.2, 0.25) is 0 Å². The molecule has 0 aromatic heterocycles. The van der Waals surface area contributed by atoms with E-state index in [2.05, 4.69) is 5.32 Å². The molecule has 1 N–H and O–H groups in total. The highest BCUT2D eigenvalue weighted by molar-refractivity contribution is 8.00. The highest BCUT2D eigenvalue weighted by Crippen LogP contribution is 2.38. The first-order valence-corrected chi connectivity index (χ1v) is 9.02. The number of thioether (sulfide) groups is 1. The van der Waals surface area contributed by atoms with E-state index in [0.717, 1.165) is 17.0 Å². The van der Waals surface area contributed by atoms with Crippen LogP contribution in [0.15, 0.2) is 41.3 Å². The Morgan fingerprint density at radius 1 is 1.12 bits per heavy atom. The number of nitrogens with one attached hydrogen (secondary N) is 1. The Balaban J connectivity index is 1.80. The van der Waals surface area contributed by atoms with Gasteiger partial charge in [-0.05, 0) is 37.1 Å². The van der Waals surface area contributed by atoms with Crippen LogP contribution in [-0.4, -0.2) is 11.2 Å². The third-order valence-electron chi connectivity index (χ3n) is 3.99. The van der Waals surface area contributed by atoms with Gasteiger partial charge in [0.05, 0.1) is 16.3 Å². The zero-order valence-corrected chi connectivity index (χ0v) is 14.4. The van der Waals surface area contributed by atoms with E-state index in [1.165, 1.54) is 25.7 Å². The Hall–Kier alpha value is -1.59. The van der Waals surface area contributed by atoms with Crippen LogP contribution in [-0.2, 0) is 0 Å². The summed E-state index contributed by atoms with van der Waals surface area (Å²) >= 11 is 7.61. The lowest BCUT2D eigenvalue weighted by Crippen LogP contribution is -2.14. The molecule has 24 heavy (non-hydrogen) atoms. The molecule has 0 aliphatic heterocycles. The molecule has 6 heteroatoms. The minimum absolute atomic E-state index is 0.0868. The van der Waals surface area contributed by atoms with Gasteiger partial charge in [0.15, 0.2) is 11.6 Å². The maximum atomic E-state index is 13.4. The molecule has 0 radical (unpaired) electrons. The summed E-state index contributed by atoms with van der Waals surface area (Å²) in [5.74, 6) is -2.73. The summed E-state index contributed by atoms with van der Waals surface area (Å²) in [4.78, 5) is 13.4. The Bertz CT molecular complexity index is 763. The number of para-hydroxylation sites is 1. The second-order valence-electron chi connectivity index (χ2n) is 5.72. The number of hydrogen-bond donors (Lipinski definition) is 1. The molecule has 1 aliphatic rings. The van der Waals surface area contributed by atoms with Gasteiger partial charge in [0.25, 0.3) is 5.91 Å². The van der Waals surface area contributed by atoms with Crippen LogP contribution in [0.3, 0.4) is 0 Å². The van der Waals surface area contributed by atoms with E-state index in [4.69, 9.17) is 11.6 Å². The Morgan fingerprint density at radius 3 is 2.54 bits per heavy atom. The van der Waals surface area contributed by atoms with Crippen molar-refractivity contribution in [3.63, 3.8) is 0 Å². The Labute approximate surface area is 148 Å². The molecular formula is C18H16ClF2NOS. The van der Waals surface area contributed by atoms with Crippen molar-refractivity contribution in [2.24, 2.45) is 0 Å². The molecule has 1 fully saturated rings. The largest absolute Gasteiger partial charge is 0.321 e. The third-order valence-corrected chi connectivity index (χ3v) is 5.71. The molecule has 0 atom stereocenters. The highest BCUT2D eigenvalue weighted by atomic mass is 35.5. The summed E-state index contributed by atoms with van der Waals surface area (Å²) in [6, 6.07) is 9.11. The van der Waals surface area contributed by atoms with E-state index in [1.54, 1.807) is 17.8 Å². The van der Waals surface area contributed by atoms with Crippen LogP contribution in [0.25, 0.3) is 0 Å². The van der Waals surface area contributed by atoms with Crippen molar-refractivity contribution in [3.05, 3.63) is 58.6 Å². The molecule has 1 amide bonds. The van der Waals surface area contributed by atoms with Gasteiger partial charge in [-0.25, -0.2) is 8.78 Å². The van der Waals surface area contributed by atoms with Crippen LogP contribution in [0, 0.1) is 11.6 Å². The van der Waals surface area contributed by atoms with Crippen molar-refractivity contribution in [2.75, 3.05) is 5.32 Å². The summed E-state index contributed by atoms with van der Waals surface area (Å²) in [6.45, 7) is 0. The number of carbonyl (C=O) groups is 1. The number of rotatable bonds is 4. The molecule has 126 valence electrons. The minimum atomic E-state index is -1.10. The average Bonchev–Trinajstić information content (AvgIpc) is 3.05. The second-order valence-corrected chi connectivity index (χ2v) is 7.47. The van der Waals surface area contributed by atoms with Gasteiger partial charge in [0, 0.05) is 10.1 Å². The van der Waals surface area contributed by atoms with E-state index in [1.807, 2.05) is 18.2 Å². The van der Waals surface area contributed by atoms with Crippen LogP contribution in [0.4, 0.5) is 14.5 Å². The van der Waals surface area contributed by atoms with Crippen LogP contribution in [0.5, 0.6) is 0 Å². The highest BCUT2D eigenvalue weighted by Gasteiger charge is 2.19. The zero-order chi connectivity index (χ0) is 17.1. The monoisotopic (exact) mass is 367 g/mol. The average molecular weight is 368 g/mol. The number of amides is 1. The summed E-state index contributed by atoms with van der Waals surface area (Å²) in [5, 5.41) is 3.19. The van der Waals surface area contributed by atoms with Crippen molar-refractivity contribution in [2.45, 2.75) is 35.8 Å². The van der Waals surface area contributed by atoms with Crippen molar-refractivity contribution >= 4 is 35.0 Å². The fourth-order valence-corrected chi connectivity index (χ4v) is 4.31. The molecule has 0 saturated heterocycles. The number of anilines is 1. The van der Waals surface area contributed by atoms with Crippen molar-refractivity contribution < 1.29 is 13.6 Å². The van der Waals surface area contributed by atoms with Crippen LogP contribution < -0.4 is 5.32 Å². The van der Waals surface area contributed by atoms with E-state index < -0.39 is 17.5 Å². The van der Waals surface area contributed by atoms with Gasteiger partial charge in [-0.15, -0.1) is 11.8 Å². The van der Waals surface area contributed by atoms with Gasteiger partial charge in [-0.2, -0.15) is 0 Å². The predicted octanol–water partition coefficient (Wildman–Crippen LogP) is 5.91. The molecule has 0 heterocycles. The molecule has 0 spiro atoms. The van der Waals surface area contributed by atoms with Gasteiger partial charge < -0.3 is 5.32 Å². The first-order valence-electron chi connectivity index (χ1n) is 7.76. The first-order chi connectivity index (χ1) is 11.5. The standard InChI is InChI=1S/C18H16ClF2NOS/c19-13-10-15(21)14(20)9-12(13)18(23)22-16-7-3-4-8-17(16)24-11-5-1-2-6-11/h3-4,7-11H,1-2,5-6H2,(H,22,23). The van der Waals surface area contributed by atoms with Crippen molar-refractivity contribution in [1.29, 1.82) is 0 Å². The lowest BCUT2D eigenvalue weighted by Gasteiger charge is -2.14. The van der Waals surface area contributed by atoms with E-state index >= 15 is 0 Å². The lowest BCUT2D eigenvalue weighted by atomic mass is 10.2. The maximum absolute atomic E-state index is 13.4. The fourth-order valence-electron chi connectivity index (χ4n) is 2.74. The van der Waals surface area contributed by atoms with E-state index in [9.17, 15) is 13.6 Å². The zero-order valence-electron chi connectivity index (χ0n) is 12.8. The number of carbonyl (C=O) groups excluding carboxylic acids is 1. The molecule has 0 bridgehead atoms. The summed E-state index contributed by atoms with van der Waals surface area (Å²) in [6.07, 6.45) is 4.80. The van der Waals surface area contributed by atoms with Crippen LogP contribution >= 0.6 is 23.4 Å². The molecular weight excluding hydrogens is 352 g/mol. The fraction of sp³-hybridized carbons (Fsp3) is 0.278. The van der Waals surface area contributed by atoms with Crippen LogP contribution in [0.2, 0.25) is 5.02 Å². The summed E-state index contributed by atoms with van der Waals surface area (Å²) in [5.41, 5.74) is 0.566. The quantitative estimate of drug-likeness (QED) is 0.681. The van der Waals surface area contributed by atoms with Crippen molar-refractivity contribution in [1.82, 2.24) is 0 Å². The molecule has 1 aliphatic carbocycles. The molecule has 2 nitrogen and oxygen atoms in total. The van der Waals surface area contributed by atoms with Gasteiger partial charge >= 0.3 is 0 Å². The normalized spacial score (nSPS) is 14.8. The molecule has 3 rings (SSSR count). The lowest BCUT2D eigenvalue weighted by molar-refractivity contribution is 0.102. The molecule has 2 aromatic rings. The Kier molecular flexibility index (Phi) is 5.41. The number of hydrogen-bond acceptors (Lipinski definition) is 2. The SMILES string of the molecule is O=C(Nc1ccccc1SC1CCCC1)c1cc(F)c(F)cc1Cl. The first kappa shape index (κ1) is 17.2. The topological polar surface area (TPSA) is 29.1 Å². The number of benzene rings is 2. The minimum Gasteiger partial charge on any atom is -0.321 e. The molecule has 0 unspecified atom stereocenters. The Morgan fingerprint density at radius 2 is 1.79 bits per heavy atom. The third kappa shape index (κ3) is 3.90. The summed E-state index contributed by atoms with van der Waals surface area (Å²) < 4.78 is 26.5. The molecule has 2 aromatic carbocycles. The van der Waals surface area contributed by atoms with Gasteiger partial charge in [0.1, 0.15) is 0 Å². The van der Waals surface area contributed by atoms with Gasteiger partial charge in [-0.1, -0.05) is 36.6 Å². The predicted molar refractivity (Wildman–Crippen MR) is 93.9 cm³/mol. The smallest absolute Gasteiger partial charge is 0.257 e. The molecule has 1 saturated carbocycles. The van der Waals surface area contributed by atoms with E-state index in [0.29, 0.717) is 10.9 Å². The number of halogens is 3. The van der Waals surface area contributed by atoms with Crippen molar-refractivity contribution in [3.8, 4) is 0 Å². The maximum Gasteiger partial charge on any atom is 0.257 e. The van der Waals surface area contributed by atoms with E-state index in [-0.39, 0.29) is 10.6 Å². The summed E-state index contributed by atoms with van der Waals surface area (Å²) in [7, 11) is 0. The van der Waals surface area contributed by atoms with Crippen LogP contribution in [0.1, 0.15) is 36.0 Å².